The molecule has 0 saturated heterocycles. The first-order chi connectivity index (χ1) is 22.5. The monoisotopic (exact) mass is 678 g/mol. The third kappa shape index (κ3) is 9.36. The Labute approximate surface area is 279 Å². The van der Waals surface area contributed by atoms with Crippen molar-refractivity contribution in [2.24, 2.45) is 0 Å². The Hall–Kier alpha value is -4.83. The highest BCUT2D eigenvalue weighted by Crippen LogP contribution is 2.29. The molecule has 15 heteroatoms. The Bertz CT molecular complexity index is 1740. The Morgan fingerprint density at radius 2 is 1.55 bits per heavy atom. The second kappa shape index (κ2) is 16.1. The van der Waals surface area contributed by atoms with E-state index in [9.17, 15) is 23.3 Å². The van der Waals surface area contributed by atoms with Gasteiger partial charge >= 0.3 is 0 Å². The summed E-state index contributed by atoms with van der Waals surface area (Å²) < 4.78 is 28.0. The Balaban J connectivity index is 1.46. The van der Waals surface area contributed by atoms with E-state index >= 15 is 0 Å². The molecule has 0 unspecified atom stereocenters. The molecule has 4 aromatic rings. The lowest BCUT2D eigenvalue weighted by Gasteiger charge is -2.22. The van der Waals surface area contributed by atoms with Gasteiger partial charge in [0.1, 0.15) is 11.4 Å². The Morgan fingerprint density at radius 1 is 0.915 bits per heavy atom. The summed E-state index contributed by atoms with van der Waals surface area (Å²) in [7, 11) is 1.52. The fourth-order valence-corrected chi connectivity index (χ4v) is 6.20. The van der Waals surface area contributed by atoms with Crippen molar-refractivity contribution in [2.75, 3.05) is 52.7 Å². The molecule has 4 N–H and O–H groups in total. The van der Waals surface area contributed by atoms with Crippen molar-refractivity contribution < 1.29 is 18.1 Å². The standard InChI is InChI=1S/C32H38N8O5S2/c1-37(2)21-22-38(3)20-18-33-31(41)28-15-10-19-39(28)47(44,45)26-16-17-27(29(23-26)40(42)43)35-36-32(46)34-30(24-11-6-4-7-12-24)25-13-8-5-9-14-25/h4-17,19,23,30,35H,18,20-22H2,1-3H3,(H,33,41)(H2,34,36,46). The first-order valence-corrected chi connectivity index (χ1v) is 16.6. The van der Waals surface area contributed by atoms with Crippen molar-refractivity contribution in [1.82, 2.24) is 29.8 Å². The molecule has 0 bridgehead atoms. The molecule has 0 fully saturated rings. The number of amides is 1. The number of likely N-dealkylation sites (N-methyl/N-ethyl adjacent to an activating group) is 2. The summed E-state index contributed by atoms with van der Waals surface area (Å²) in [5, 5.41) is 18.1. The fraction of sp³-hybridized carbons (Fsp3) is 0.250. The number of nitrogens with one attached hydrogen (secondary N) is 4. The van der Waals surface area contributed by atoms with E-state index in [2.05, 4.69) is 26.4 Å². The number of benzene rings is 3. The van der Waals surface area contributed by atoms with Crippen molar-refractivity contribution in [3.63, 3.8) is 0 Å². The van der Waals surface area contributed by atoms with E-state index < -0.39 is 26.5 Å². The second-order valence-electron chi connectivity index (χ2n) is 11.0. The summed E-state index contributed by atoms with van der Waals surface area (Å²) in [6.45, 7) is 2.53. The maximum atomic E-state index is 13.6. The van der Waals surface area contributed by atoms with Gasteiger partial charge in [-0.25, -0.2) is 12.4 Å². The maximum Gasteiger partial charge on any atom is 0.295 e. The molecule has 0 atom stereocenters. The lowest BCUT2D eigenvalue weighted by molar-refractivity contribution is -0.384. The number of nitro groups is 1. The molecule has 0 radical (unpaired) electrons. The summed E-state index contributed by atoms with van der Waals surface area (Å²) in [6.07, 6.45) is 1.23. The van der Waals surface area contributed by atoms with E-state index in [1.54, 1.807) is 0 Å². The number of nitrogens with zero attached hydrogens (tertiary/aromatic N) is 4. The molecule has 13 nitrogen and oxygen atoms in total. The van der Waals surface area contributed by atoms with Crippen LogP contribution in [0.1, 0.15) is 27.7 Å². The largest absolute Gasteiger partial charge is 0.350 e. The van der Waals surface area contributed by atoms with Gasteiger partial charge in [-0.1, -0.05) is 60.7 Å². The van der Waals surface area contributed by atoms with Gasteiger partial charge < -0.3 is 20.4 Å². The van der Waals surface area contributed by atoms with E-state index in [-0.39, 0.29) is 27.4 Å². The zero-order valence-corrected chi connectivity index (χ0v) is 27.9. The van der Waals surface area contributed by atoms with Crippen molar-refractivity contribution >= 4 is 44.6 Å². The molecule has 0 saturated carbocycles. The van der Waals surface area contributed by atoms with Crippen LogP contribution in [0.15, 0.2) is 102 Å². The molecule has 4 rings (SSSR count). The Morgan fingerprint density at radius 3 is 2.15 bits per heavy atom. The smallest absolute Gasteiger partial charge is 0.295 e. The van der Waals surface area contributed by atoms with E-state index in [0.717, 1.165) is 34.3 Å². The number of aromatic nitrogens is 1. The van der Waals surface area contributed by atoms with Crippen molar-refractivity contribution in [1.29, 1.82) is 0 Å². The van der Waals surface area contributed by atoms with Crippen LogP contribution < -0.4 is 21.5 Å². The van der Waals surface area contributed by atoms with E-state index in [1.165, 1.54) is 30.5 Å². The average molecular weight is 679 g/mol. The van der Waals surface area contributed by atoms with Crippen molar-refractivity contribution in [2.45, 2.75) is 10.9 Å². The van der Waals surface area contributed by atoms with Crippen LogP contribution in [0.5, 0.6) is 0 Å². The number of hydrazine groups is 1. The predicted octanol–water partition coefficient (Wildman–Crippen LogP) is 3.44. The Kier molecular flexibility index (Phi) is 12.0. The minimum absolute atomic E-state index is 0.0158. The van der Waals surface area contributed by atoms with Crippen molar-refractivity contribution in [3.05, 3.63) is 124 Å². The number of thiocarbonyl (C=S) groups is 1. The normalized spacial score (nSPS) is 11.4. The van der Waals surface area contributed by atoms with Crippen LogP contribution >= 0.6 is 12.2 Å². The van der Waals surface area contributed by atoms with Gasteiger partial charge in [-0.2, -0.15) is 0 Å². The minimum atomic E-state index is -4.36. The first kappa shape index (κ1) is 35.0. The van der Waals surface area contributed by atoms with Crippen LogP contribution in [0.3, 0.4) is 0 Å². The third-order valence-electron chi connectivity index (χ3n) is 7.23. The summed E-state index contributed by atoms with van der Waals surface area (Å²) in [6, 6.07) is 25.2. The van der Waals surface area contributed by atoms with Gasteiger partial charge in [0, 0.05) is 38.4 Å². The van der Waals surface area contributed by atoms with Gasteiger partial charge in [0.15, 0.2) is 5.11 Å². The van der Waals surface area contributed by atoms with Crippen LogP contribution in [0.4, 0.5) is 11.4 Å². The van der Waals surface area contributed by atoms with Crippen LogP contribution in [-0.2, 0) is 10.0 Å². The number of hydrogen-bond acceptors (Lipinski definition) is 9. The summed E-state index contributed by atoms with van der Waals surface area (Å²) in [5.74, 6) is -0.582. The highest BCUT2D eigenvalue weighted by molar-refractivity contribution is 7.90. The molecule has 0 spiro atoms. The molecule has 248 valence electrons. The van der Waals surface area contributed by atoms with Gasteiger partial charge in [-0.15, -0.1) is 0 Å². The fourth-order valence-electron chi connectivity index (χ4n) is 4.67. The quantitative estimate of drug-likeness (QED) is 0.0831. The average Bonchev–Trinajstić information content (AvgIpc) is 3.57. The molecule has 1 heterocycles. The molecular weight excluding hydrogens is 641 g/mol. The second-order valence-corrected chi connectivity index (χ2v) is 13.2. The minimum Gasteiger partial charge on any atom is -0.350 e. The third-order valence-corrected chi connectivity index (χ3v) is 9.13. The molecule has 1 amide bonds. The molecule has 0 aliphatic carbocycles. The molecule has 1 aromatic heterocycles. The molecule has 3 aromatic carbocycles. The molecular formula is C32H38N8O5S2. The number of anilines is 1. The van der Waals surface area contributed by atoms with E-state index in [0.29, 0.717) is 13.1 Å². The summed E-state index contributed by atoms with van der Waals surface area (Å²) >= 11 is 5.49. The van der Waals surface area contributed by atoms with Crippen LogP contribution in [-0.4, -0.2) is 85.5 Å². The maximum absolute atomic E-state index is 13.6. The molecule has 0 aliphatic heterocycles. The number of hydrogen-bond donors (Lipinski definition) is 4. The topological polar surface area (TPSA) is 154 Å². The summed E-state index contributed by atoms with van der Waals surface area (Å²) in [5.41, 5.74) is 6.76. The van der Waals surface area contributed by atoms with Gasteiger partial charge in [-0.05, 0) is 68.8 Å². The molecule has 47 heavy (non-hydrogen) atoms. The SMILES string of the molecule is CN(C)CCN(C)CCNC(=O)c1cccn1S(=O)(=O)c1ccc(NNC(=S)NC(c2ccccc2)c2ccccc2)c([N+](=O)[O-])c1. The van der Waals surface area contributed by atoms with Gasteiger partial charge in [-0.3, -0.25) is 25.8 Å². The van der Waals surface area contributed by atoms with Gasteiger partial charge in [0.05, 0.1) is 15.9 Å². The highest BCUT2D eigenvalue weighted by Gasteiger charge is 2.26. The zero-order chi connectivity index (χ0) is 34.0. The number of nitro benzene ring substituents is 1. The number of carbonyl (C=O) groups excluding carboxylic acids is 1. The first-order valence-electron chi connectivity index (χ1n) is 14.7. The van der Waals surface area contributed by atoms with Crippen LogP contribution in [0.2, 0.25) is 0 Å². The lowest BCUT2D eigenvalue weighted by Crippen LogP contribution is -2.41. The van der Waals surface area contributed by atoms with Gasteiger partial charge in [0.2, 0.25) is 0 Å². The van der Waals surface area contributed by atoms with E-state index in [4.69, 9.17) is 12.2 Å². The van der Waals surface area contributed by atoms with Gasteiger partial charge in [0.25, 0.3) is 21.6 Å². The van der Waals surface area contributed by atoms with E-state index in [1.807, 2.05) is 86.7 Å². The van der Waals surface area contributed by atoms with Crippen LogP contribution in [0, 0.1) is 10.1 Å². The lowest BCUT2D eigenvalue weighted by atomic mass is 9.99. The predicted molar refractivity (Wildman–Crippen MR) is 186 cm³/mol. The zero-order valence-electron chi connectivity index (χ0n) is 26.3. The van der Waals surface area contributed by atoms with Crippen molar-refractivity contribution in [3.8, 4) is 0 Å². The summed E-state index contributed by atoms with van der Waals surface area (Å²) in [4.78, 5) is 28.0. The number of rotatable bonds is 15. The van der Waals surface area contributed by atoms with Crippen LogP contribution in [0.25, 0.3) is 0 Å². The molecule has 0 aliphatic rings. The highest BCUT2D eigenvalue weighted by atomic mass is 32.2. The number of carbonyl (C=O) groups is 1.